The summed E-state index contributed by atoms with van der Waals surface area (Å²) in [6, 6.07) is 6.51. The van der Waals surface area contributed by atoms with Crippen LogP contribution in [0.5, 0.6) is 0 Å². The Kier molecular flexibility index (Phi) is 5.30. The van der Waals surface area contributed by atoms with E-state index in [9.17, 15) is 5.11 Å². The maximum atomic E-state index is 9.40. The van der Waals surface area contributed by atoms with Gasteiger partial charge < -0.3 is 15.3 Å². The van der Waals surface area contributed by atoms with Gasteiger partial charge in [-0.1, -0.05) is 31.5 Å². The molecule has 4 heteroatoms. The molecule has 1 aliphatic carbocycles. The lowest BCUT2D eigenvalue weighted by Crippen LogP contribution is -2.37. The van der Waals surface area contributed by atoms with Crippen molar-refractivity contribution in [3.05, 3.63) is 28.8 Å². The number of benzene rings is 1. The van der Waals surface area contributed by atoms with Crippen molar-refractivity contribution >= 4 is 17.3 Å². The molecule has 0 heterocycles. The first-order valence-electron chi connectivity index (χ1n) is 7.37. The zero-order valence-corrected chi connectivity index (χ0v) is 13.3. The first kappa shape index (κ1) is 15.6. The molecule has 3 nitrogen and oxygen atoms in total. The molecule has 0 atom stereocenters. The zero-order valence-electron chi connectivity index (χ0n) is 12.6. The van der Waals surface area contributed by atoms with Crippen LogP contribution in [-0.2, 0) is 6.54 Å². The maximum Gasteiger partial charge on any atom is 0.0546 e. The van der Waals surface area contributed by atoms with E-state index in [-0.39, 0.29) is 6.10 Å². The lowest BCUT2D eigenvalue weighted by Gasteiger charge is -2.36. The molecule has 0 amide bonds. The highest BCUT2D eigenvalue weighted by Gasteiger charge is 2.28. The summed E-state index contributed by atoms with van der Waals surface area (Å²) < 4.78 is 0. The van der Waals surface area contributed by atoms with E-state index < -0.39 is 0 Å². The first-order chi connectivity index (χ1) is 9.47. The van der Waals surface area contributed by atoms with Gasteiger partial charge in [-0.15, -0.1) is 0 Å². The highest BCUT2D eigenvalue weighted by Crippen LogP contribution is 2.32. The number of rotatable bonds is 6. The second kappa shape index (κ2) is 6.79. The molecule has 0 unspecified atom stereocenters. The summed E-state index contributed by atoms with van der Waals surface area (Å²) in [7, 11) is 2.11. The lowest BCUT2D eigenvalue weighted by atomic mass is 9.82. The van der Waals surface area contributed by atoms with Crippen molar-refractivity contribution < 1.29 is 5.11 Å². The average Bonchev–Trinajstić information content (AvgIpc) is 2.34. The number of halogens is 1. The summed E-state index contributed by atoms with van der Waals surface area (Å²) in [6.45, 7) is 6.03. The second-order valence-corrected chi connectivity index (χ2v) is 6.55. The van der Waals surface area contributed by atoms with Crippen LogP contribution in [0.3, 0.4) is 0 Å². The van der Waals surface area contributed by atoms with Gasteiger partial charge in [-0.25, -0.2) is 0 Å². The van der Waals surface area contributed by atoms with Crippen LogP contribution in [0.15, 0.2) is 18.2 Å². The minimum Gasteiger partial charge on any atom is -0.393 e. The van der Waals surface area contributed by atoms with Gasteiger partial charge in [0.2, 0.25) is 0 Å². The van der Waals surface area contributed by atoms with Crippen LogP contribution in [0, 0.1) is 5.92 Å². The van der Waals surface area contributed by atoms with Crippen molar-refractivity contribution in [3.8, 4) is 0 Å². The van der Waals surface area contributed by atoms with Crippen molar-refractivity contribution in [1.29, 1.82) is 0 Å². The van der Waals surface area contributed by atoms with Crippen molar-refractivity contribution in [1.82, 2.24) is 5.32 Å². The first-order valence-corrected chi connectivity index (χ1v) is 7.75. The molecule has 0 saturated heterocycles. The van der Waals surface area contributed by atoms with Crippen molar-refractivity contribution in [3.63, 3.8) is 0 Å². The van der Waals surface area contributed by atoms with E-state index in [4.69, 9.17) is 11.6 Å². The number of nitrogens with one attached hydrogen (secondary N) is 1. The van der Waals surface area contributed by atoms with Crippen LogP contribution in [0.1, 0.15) is 32.3 Å². The normalized spacial score (nSPS) is 21.9. The molecule has 0 spiro atoms. The van der Waals surface area contributed by atoms with Gasteiger partial charge in [-0.3, -0.25) is 0 Å². The van der Waals surface area contributed by atoms with Gasteiger partial charge in [-0.05, 0) is 30.9 Å². The fourth-order valence-electron chi connectivity index (χ4n) is 2.72. The van der Waals surface area contributed by atoms with Gasteiger partial charge in [0.05, 0.1) is 6.10 Å². The van der Waals surface area contributed by atoms with E-state index in [0.29, 0.717) is 12.0 Å². The predicted octanol–water partition coefficient (Wildman–Crippen LogP) is 3.05. The number of anilines is 1. The van der Waals surface area contributed by atoms with Crippen molar-refractivity contribution in [2.75, 3.05) is 18.5 Å². The van der Waals surface area contributed by atoms with Gasteiger partial charge in [0.25, 0.3) is 0 Å². The molecule has 0 radical (unpaired) electrons. The number of aliphatic hydroxyl groups excluding tert-OH is 1. The molecule has 20 heavy (non-hydrogen) atoms. The number of hydrogen-bond donors (Lipinski definition) is 2. The molecule has 0 bridgehead atoms. The van der Waals surface area contributed by atoms with E-state index >= 15 is 0 Å². The third-order valence-corrected chi connectivity index (χ3v) is 4.29. The minimum absolute atomic E-state index is 0.0881. The molecular weight excluding hydrogens is 272 g/mol. The lowest BCUT2D eigenvalue weighted by molar-refractivity contribution is 0.0464. The Morgan fingerprint density at radius 3 is 2.70 bits per heavy atom. The molecule has 1 aliphatic rings. The van der Waals surface area contributed by atoms with Crippen molar-refractivity contribution in [2.45, 2.75) is 45.4 Å². The molecule has 1 aromatic carbocycles. The monoisotopic (exact) mass is 296 g/mol. The summed E-state index contributed by atoms with van der Waals surface area (Å²) in [5, 5.41) is 13.6. The second-order valence-electron chi connectivity index (χ2n) is 6.14. The molecule has 1 saturated carbocycles. The SMILES string of the molecule is CC(C)NCc1c(Cl)cccc1N(C)CC1CC(O)C1. The Hall–Kier alpha value is -0.770. The van der Waals surface area contributed by atoms with Crippen molar-refractivity contribution in [2.24, 2.45) is 5.92 Å². The number of hydrogen-bond acceptors (Lipinski definition) is 3. The van der Waals surface area contributed by atoms with Crippen LogP contribution in [0.2, 0.25) is 5.02 Å². The topological polar surface area (TPSA) is 35.5 Å². The number of aliphatic hydroxyl groups is 1. The summed E-state index contributed by atoms with van der Waals surface area (Å²) in [6.07, 6.45) is 1.75. The Morgan fingerprint density at radius 1 is 1.40 bits per heavy atom. The average molecular weight is 297 g/mol. The van der Waals surface area contributed by atoms with Crippen LogP contribution in [0.25, 0.3) is 0 Å². The summed E-state index contributed by atoms with van der Waals surface area (Å²) in [5.74, 6) is 0.597. The molecule has 112 valence electrons. The Balaban J connectivity index is 2.06. The summed E-state index contributed by atoms with van der Waals surface area (Å²) in [5.41, 5.74) is 2.34. The Bertz CT molecular complexity index is 444. The van der Waals surface area contributed by atoms with Gasteiger partial charge in [0, 0.05) is 42.5 Å². The highest BCUT2D eigenvalue weighted by atomic mass is 35.5. The van der Waals surface area contributed by atoms with Gasteiger partial charge >= 0.3 is 0 Å². The van der Waals surface area contributed by atoms with Gasteiger partial charge in [0.15, 0.2) is 0 Å². The largest absolute Gasteiger partial charge is 0.393 e. The molecule has 0 aliphatic heterocycles. The van der Waals surface area contributed by atoms with Crippen LogP contribution in [0.4, 0.5) is 5.69 Å². The molecule has 0 aromatic heterocycles. The number of nitrogens with zero attached hydrogens (tertiary/aromatic N) is 1. The van der Waals surface area contributed by atoms with E-state index in [1.807, 2.05) is 12.1 Å². The molecule has 1 aromatic rings. The van der Waals surface area contributed by atoms with Gasteiger partial charge in [0.1, 0.15) is 0 Å². The Morgan fingerprint density at radius 2 is 2.10 bits per heavy atom. The molecular formula is C16H25ClN2O. The zero-order chi connectivity index (χ0) is 14.7. The van der Waals surface area contributed by atoms with Crippen LogP contribution in [-0.4, -0.2) is 30.8 Å². The third-order valence-electron chi connectivity index (χ3n) is 3.94. The molecule has 1 fully saturated rings. The predicted molar refractivity (Wildman–Crippen MR) is 85.4 cm³/mol. The standard InChI is InChI=1S/C16H25ClN2O/c1-11(2)18-9-14-15(17)5-4-6-16(14)19(3)10-12-7-13(20)8-12/h4-6,11-13,18,20H,7-10H2,1-3H3. The summed E-state index contributed by atoms with van der Waals surface area (Å²) >= 11 is 6.36. The van der Waals surface area contributed by atoms with E-state index in [0.717, 1.165) is 36.5 Å². The fourth-order valence-corrected chi connectivity index (χ4v) is 2.96. The fraction of sp³-hybridized carbons (Fsp3) is 0.625. The van der Waals surface area contributed by atoms with Crippen LogP contribution >= 0.6 is 11.6 Å². The van der Waals surface area contributed by atoms with E-state index in [1.54, 1.807) is 0 Å². The van der Waals surface area contributed by atoms with Gasteiger partial charge in [-0.2, -0.15) is 0 Å². The van der Waals surface area contributed by atoms with E-state index in [2.05, 4.69) is 37.2 Å². The summed E-state index contributed by atoms with van der Waals surface area (Å²) in [4.78, 5) is 2.26. The van der Waals surface area contributed by atoms with Crippen LogP contribution < -0.4 is 10.2 Å². The molecule has 2 N–H and O–H groups in total. The molecule has 2 rings (SSSR count). The Labute approximate surface area is 126 Å². The maximum absolute atomic E-state index is 9.40. The minimum atomic E-state index is -0.0881. The third kappa shape index (κ3) is 3.87. The quantitative estimate of drug-likeness (QED) is 0.847. The smallest absolute Gasteiger partial charge is 0.0546 e. The highest BCUT2D eigenvalue weighted by molar-refractivity contribution is 6.31. The van der Waals surface area contributed by atoms with E-state index in [1.165, 1.54) is 5.69 Å².